The lowest BCUT2D eigenvalue weighted by atomic mass is 10.1. The highest BCUT2D eigenvalue weighted by molar-refractivity contribution is 5.92. The van der Waals surface area contributed by atoms with Gasteiger partial charge in [-0.3, -0.25) is 4.79 Å². The Morgan fingerprint density at radius 3 is 3.00 bits per heavy atom. The standard InChI is InChI=1S/C12H18N4O2/c1-2-13-12(17)10-3-4-11(16-15-10)14-7-9-5-6-18-8-9/h3-4,9H,2,5-8H2,1H3,(H,13,17)(H,14,16). The van der Waals surface area contributed by atoms with Crippen molar-refractivity contribution in [2.24, 2.45) is 5.92 Å². The molecule has 98 valence electrons. The maximum Gasteiger partial charge on any atom is 0.271 e. The first-order chi connectivity index (χ1) is 8.79. The number of ether oxygens (including phenoxy) is 1. The summed E-state index contributed by atoms with van der Waals surface area (Å²) in [6.45, 7) is 4.92. The maximum atomic E-state index is 11.5. The molecule has 1 saturated heterocycles. The van der Waals surface area contributed by atoms with Crippen LogP contribution in [0.3, 0.4) is 0 Å². The fraction of sp³-hybridized carbons (Fsp3) is 0.583. The molecule has 1 unspecified atom stereocenters. The summed E-state index contributed by atoms with van der Waals surface area (Å²) in [4.78, 5) is 11.5. The van der Waals surface area contributed by atoms with Crippen LogP contribution in [0, 0.1) is 5.92 Å². The lowest BCUT2D eigenvalue weighted by Gasteiger charge is -2.09. The molecule has 0 aromatic carbocycles. The predicted octanol–water partition coefficient (Wildman–Crippen LogP) is 0.675. The summed E-state index contributed by atoms with van der Waals surface area (Å²) in [5, 5.41) is 13.7. The van der Waals surface area contributed by atoms with Crippen LogP contribution in [0.2, 0.25) is 0 Å². The lowest BCUT2D eigenvalue weighted by molar-refractivity contribution is 0.0950. The minimum absolute atomic E-state index is 0.194. The van der Waals surface area contributed by atoms with E-state index in [4.69, 9.17) is 4.74 Å². The minimum Gasteiger partial charge on any atom is -0.381 e. The van der Waals surface area contributed by atoms with Gasteiger partial charge in [-0.15, -0.1) is 10.2 Å². The van der Waals surface area contributed by atoms with E-state index < -0.39 is 0 Å². The van der Waals surface area contributed by atoms with Gasteiger partial charge in [-0.05, 0) is 25.5 Å². The molecular formula is C12H18N4O2. The molecule has 2 rings (SSSR count). The number of nitrogens with zero attached hydrogens (tertiary/aromatic N) is 2. The number of hydrogen-bond acceptors (Lipinski definition) is 5. The number of nitrogens with one attached hydrogen (secondary N) is 2. The summed E-state index contributed by atoms with van der Waals surface area (Å²) in [5.41, 5.74) is 0.339. The van der Waals surface area contributed by atoms with Crippen LogP contribution in [0.4, 0.5) is 5.82 Å². The molecule has 0 aliphatic carbocycles. The van der Waals surface area contributed by atoms with Gasteiger partial charge in [-0.2, -0.15) is 0 Å². The van der Waals surface area contributed by atoms with Gasteiger partial charge < -0.3 is 15.4 Å². The van der Waals surface area contributed by atoms with Crippen molar-refractivity contribution >= 4 is 11.7 Å². The number of aromatic nitrogens is 2. The molecule has 1 amide bonds. The van der Waals surface area contributed by atoms with Gasteiger partial charge in [0, 0.05) is 25.6 Å². The minimum atomic E-state index is -0.194. The Hall–Kier alpha value is -1.69. The van der Waals surface area contributed by atoms with E-state index in [-0.39, 0.29) is 5.91 Å². The van der Waals surface area contributed by atoms with Crippen molar-refractivity contribution in [3.05, 3.63) is 17.8 Å². The number of carbonyl (C=O) groups is 1. The van der Waals surface area contributed by atoms with E-state index in [1.165, 1.54) is 0 Å². The fourth-order valence-corrected chi connectivity index (χ4v) is 1.79. The van der Waals surface area contributed by atoms with Crippen LogP contribution >= 0.6 is 0 Å². The normalized spacial score (nSPS) is 18.6. The smallest absolute Gasteiger partial charge is 0.271 e. The molecular weight excluding hydrogens is 232 g/mol. The van der Waals surface area contributed by atoms with E-state index >= 15 is 0 Å². The average Bonchev–Trinajstić information content (AvgIpc) is 2.90. The second-order valence-corrected chi connectivity index (χ2v) is 4.27. The third-order valence-electron chi connectivity index (χ3n) is 2.83. The van der Waals surface area contributed by atoms with Crippen LogP contribution in [-0.2, 0) is 4.74 Å². The van der Waals surface area contributed by atoms with Crippen molar-refractivity contribution in [1.29, 1.82) is 0 Å². The van der Waals surface area contributed by atoms with Crippen LogP contribution in [0.15, 0.2) is 12.1 Å². The molecule has 1 fully saturated rings. The highest BCUT2D eigenvalue weighted by Crippen LogP contribution is 2.13. The van der Waals surface area contributed by atoms with Crippen molar-refractivity contribution in [3.8, 4) is 0 Å². The number of amides is 1. The van der Waals surface area contributed by atoms with Crippen molar-refractivity contribution < 1.29 is 9.53 Å². The second-order valence-electron chi connectivity index (χ2n) is 4.27. The Bertz CT molecular complexity index is 388. The van der Waals surface area contributed by atoms with Gasteiger partial charge in [0.25, 0.3) is 5.91 Å². The van der Waals surface area contributed by atoms with Gasteiger partial charge in [0.1, 0.15) is 5.82 Å². The highest BCUT2D eigenvalue weighted by atomic mass is 16.5. The first-order valence-electron chi connectivity index (χ1n) is 6.23. The van der Waals surface area contributed by atoms with Crippen LogP contribution in [-0.4, -0.2) is 42.4 Å². The molecule has 0 saturated carbocycles. The zero-order valence-corrected chi connectivity index (χ0v) is 10.5. The van der Waals surface area contributed by atoms with Crippen LogP contribution in [0.1, 0.15) is 23.8 Å². The summed E-state index contributed by atoms with van der Waals surface area (Å²) in [6.07, 6.45) is 1.08. The second kappa shape index (κ2) is 6.30. The molecule has 18 heavy (non-hydrogen) atoms. The van der Waals surface area contributed by atoms with Crippen LogP contribution < -0.4 is 10.6 Å². The van der Waals surface area contributed by atoms with Crippen molar-refractivity contribution in [2.45, 2.75) is 13.3 Å². The van der Waals surface area contributed by atoms with Gasteiger partial charge in [0.05, 0.1) is 6.61 Å². The first-order valence-corrected chi connectivity index (χ1v) is 6.23. The topological polar surface area (TPSA) is 76.1 Å². The largest absolute Gasteiger partial charge is 0.381 e. The quantitative estimate of drug-likeness (QED) is 0.803. The van der Waals surface area contributed by atoms with E-state index in [9.17, 15) is 4.79 Å². The SMILES string of the molecule is CCNC(=O)c1ccc(NCC2CCOC2)nn1. The number of anilines is 1. The molecule has 1 aliphatic rings. The zero-order valence-electron chi connectivity index (χ0n) is 10.5. The van der Waals surface area contributed by atoms with Crippen molar-refractivity contribution in [3.63, 3.8) is 0 Å². The zero-order chi connectivity index (χ0) is 12.8. The van der Waals surface area contributed by atoms with E-state index in [0.717, 1.165) is 26.2 Å². The molecule has 1 aromatic heterocycles. The third kappa shape index (κ3) is 3.40. The monoisotopic (exact) mass is 250 g/mol. The Balaban J connectivity index is 1.85. The number of carbonyl (C=O) groups excluding carboxylic acids is 1. The molecule has 1 aliphatic heterocycles. The summed E-state index contributed by atoms with van der Waals surface area (Å²) >= 11 is 0. The molecule has 0 bridgehead atoms. The van der Waals surface area contributed by atoms with E-state index in [1.54, 1.807) is 12.1 Å². The van der Waals surface area contributed by atoms with Crippen LogP contribution in [0.5, 0.6) is 0 Å². The first kappa shape index (κ1) is 12.8. The third-order valence-corrected chi connectivity index (χ3v) is 2.83. The summed E-state index contributed by atoms with van der Waals surface area (Å²) in [5.74, 6) is 1.03. The van der Waals surface area contributed by atoms with Crippen molar-refractivity contribution in [1.82, 2.24) is 15.5 Å². The molecule has 0 radical (unpaired) electrons. The van der Waals surface area contributed by atoms with Gasteiger partial charge in [0.2, 0.25) is 0 Å². The molecule has 2 heterocycles. The van der Waals surface area contributed by atoms with Gasteiger partial charge in [0.15, 0.2) is 5.69 Å². The number of rotatable bonds is 5. The molecule has 1 aromatic rings. The Morgan fingerprint density at radius 1 is 1.50 bits per heavy atom. The van der Waals surface area contributed by atoms with E-state index in [1.807, 2.05) is 6.92 Å². The Kier molecular flexibility index (Phi) is 4.46. The van der Waals surface area contributed by atoms with Crippen LogP contribution in [0.25, 0.3) is 0 Å². The van der Waals surface area contributed by atoms with Gasteiger partial charge in [-0.1, -0.05) is 0 Å². The Morgan fingerprint density at radius 2 is 2.39 bits per heavy atom. The van der Waals surface area contributed by atoms with E-state index in [0.29, 0.717) is 24.0 Å². The van der Waals surface area contributed by atoms with Gasteiger partial charge >= 0.3 is 0 Å². The maximum absolute atomic E-state index is 11.5. The average molecular weight is 250 g/mol. The fourth-order valence-electron chi connectivity index (χ4n) is 1.79. The Labute approximate surface area is 106 Å². The molecule has 1 atom stereocenters. The highest BCUT2D eigenvalue weighted by Gasteiger charge is 2.15. The predicted molar refractivity (Wildman–Crippen MR) is 67.5 cm³/mol. The summed E-state index contributed by atoms with van der Waals surface area (Å²) in [7, 11) is 0. The molecule has 0 spiro atoms. The molecule has 6 heteroatoms. The molecule has 2 N–H and O–H groups in total. The lowest BCUT2D eigenvalue weighted by Crippen LogP contribution is -2.24. The van der Waals surface area contributed by atoms with E-state index in [2.05, 4.69) is 20.8 Å². The van der Waals surface area contributed by atoms with Crippen molar-refractivity contribution in [2.75, 3.05) is 31.6 Å². The molecule has 6 nitrogen and oxygen atoms in total. The van der Waals surface area contributed by atoms with Gasteiger partial charge in [-0.25, -0.2) is 0 Å². The summed E-state index contributed by atoms with van der Waals surface area (Å²) < 4.78 is 5.29. The summed E-state index contributed by atoms with van der Waals surface area (Å²) in [6, 6.07) is 3.44. The number of hydrogen-bond donors (Lipinski definition) is 2.